The van der Waals surface area contributed by atoms with Crippen LogP contribution >= 0.6 is 0 Å². The summed E-state index contributed by atoms with van der Waals surface area (Å²) < 4.78 is 1.89. The molecule has 4 rings (SSSR count). The van der Waals surface area contributed by atoms with Gasteiger partial charge in [-0.25, -0.2) is 9.50 Å². The second kappa shape index (κ2) is 6.16. The molecule has 0 fully saturated rings. The highest BCUT2D eigenvalue weighted by molar-refractivity contribution is 5.63. The lowest BCUT2D eigenvalue weighted by atomic mass is 10.1. The molecule has 2 aromatic carbocycles. The van der Waals surface area contributed by atoms with E-state index in [-0.39, 0.29) is 0 Å². The van der Waals surface area contributed by atoms with Crippen molar-refractivity contribution >= 4 is 11.5 Å². The van der Waals surface area contributed by atoms with Crippen LogP contribution in [0.2, 0.25) is 0 Å². The third-order valence-corrected chi connectivity index (χ3v) is 4.03. The molecule has 0 unspecified atom stereocenters. The fraction of sp³-hybridized carbons (Fsp3) is 0.100. The Labute approximate surface area is 140 Å². The van der Waals surface area contributed by atoms with Crippen LogP contribution in [0.25, 0.3) is 16.9 Å². The molecule has 4 nitrogen and oxygen atoms in total. The molecule has 1 N–H and O–H groups in total. The number of rotatable bonds is 4. The lowest BCUT2D eigenvalue weighted by Gasteiger charge is -2.07. The first-order valence-electron chi connectivity index (χ1n) is 7.99. The number of anilines is 1. The summed E-state index contributed by atoms with van der Waals surface area (Å²) in [5, 5.41) is 8.06. The van der Waals surface area contributed by atoms with E-state index in [0.717, 1.165) is 29.3 Å². The fourth-order valence-electron chi connectivity index (χ4n) is 2.68. The van der Waals surface area contributed by atoms with Crippen LogP contribution < -0.4 is 5.32 Å². The maximum absolute atomic E-state index is 4.69. The Morgan fingerprint density at radius 2 is 1.71 bits per heavy atom. The monoisotopic (exact) mass is 314 g/mol. The Kier molecular flexibility index (Phi) is 3.71. The van der Waals surface area contributed by atoms with Crippen molar-refractivity contribution in [2.24, 2.45) is 0 Å². The van der Waals surface area contributed by atoms with Gasteiger partial charge in [0.25, 0.3) is 0 Å². The van der Waals surface area contributed by atoms with Crippen LogP contribution in [0.3, 0.4) is 0 Å². The number of hydrogen-bond donors (Lipinski definition) is 1. The molecule has 2 heterocycles. The second-order valence-corrected chi connectivity index (χ2v) is 5.84. The van der Waals surface area contributed by atoms with Crippen LogP contribution in [0.15, 0.2) is 72.9 Å². The van der Waals surface area contributed by atoms with Gasteiger partial charge in [-0.2, -0.15) is 0 Å². The minimum atomic E-state index is 0.744. The van der Waals surface area contributed by atoms with Gasteiger partial charge >= 0.3 is 0 Å². The molecule has 118 valence electrons. The number of aromatic nitrogens is 3. The average Bonchev–Trinajstić information content (AvgIpc) is 3.05. The Hall–Kier alpha value is -3.14. The first kappa shape index (κ1) is 14.5. The van der Waals surface area contributed by atoms with Gasteiger partial charge in [0.05, 0.1) is 11.9 Å². The lowest BCUT2D eigenvalue weighted by molar-refractivity contribution is 0.931. The average molecular weight is 314 g/mol. The molecule has 2 aromatic heterocycles. The van der Waals surface area contributed by atoms with Gasteiger partial charge < -0.3 is 5.32 Å². The summed E-state index contributed by atoms with van der Waals surface area (Å²) in [6.07, 6.45) is 1.87. The van der Waals surface area contributed by atoms with Gasteiger partial charge in [0.15, 0.2) is 5.65 Å². The van der Waals surface area contributed by atoms with Crippen LogP contribution in [0, 0.1) is 6.92 Å². The van der Waals surface area contributed by atoms with Crippen LogP contribution in [-0.2, 0) is 6.54 Å². The molecular weight excluding hydrogens is 296 g/mol. The number of fused-ring (bicyclic) bond motifs is 1. The summed E-state index contributed by atoms with van der Waals surface area (Å²) >= 11 is 0. The Balaban J connectivity index is 1.64. The van der Waals surface area contributed by atoms with Crippen molar-refractivity contribution in [3.8, 4) is 11.3 Å². The number of benzene rings is 2. The van der Waals surface area contributed by atoms with Crippen molar-refractivity contribution < 1.29 is 0 Å². The highest BCUT2D eigenvalue weighted by Crippen LogP contribution is 2.21. The topological polar surface area (TPSA) is 42.2 Å². The van der Waals surface area contributed by atoms with Gasteiger partial charge in [-0.15, -0.1) is 5.10 Å². The quantitative estimate of drug-likeness (QED) is 0.610. The zero-order valence-corrected chi connectivity index (χ0v) is 13.5. The van der Waals surface area contributed by atoms with Crippen molar-refractivity contribution in [2.45, 2.75) is 13.5 Å². The van der Waals surface area contributed by atoms with Crippen molar-refractivity contribution in [3.05, 3.63) is 84.1 Å². The van der Waals surface area contributed by atoms with Crippen LogP contribution in [0.4, 0.5) is 5.82 Å². The van der Waals surface area contributed by atoms with Crippen molar-refractivity contribution in [2.75, 3.05) is 5.32 Å². The summed E-state index contributed by atoms with van der Waals surface area (Å²) in [6.45, 7) is 2.83. The summed E-state index contributed by atoms with van der Waals surface area (Å²) in [7, 11) is 0. The van der Waals surface area contributed by atoms with Gasteiger partial charge in [0, 0.05) is 12.1 Å². The minimum Gasteiger partial charge on any atom is -0.365 e. The normalized spacial score (nSPS) is 10.9. The second-order valence-electron chi connectivity index (χ2n) is 5.84. The molecule has 0 aliphatic heterocycles. The predicted octanol–water partition coefficient (Wildman–Crippen LogP) is 4.32. The summed E-state index contributed by atoms with van der Waals surface area (Å²) in [5.74, 6) is 0.831. The summed E-state index contributed by atoms with van der Waals surface area (Å²) in [5.41, 5.74) is 5.42. The Bertz CT molecular complexity index is 956. The third kappa shape index (κ3) is 2.86. The molecule has 0 aliphatic rings. The number of hydrogen-bond acceptors (Lipinski definition) is 3. The Morgan fingerprint density at radius 3 is 2.50 bits per heavy atom. The zero-order valence-electron chi connectivity index (χ0n) is 13.5. The number of aryl methyl sites for hydroxylation is 1. The third-order valence-electron chi connectivity index (χ3n) is 4.03. The summed E-state index contributed by atoms with van der Waals surface area (Å²) in [4.78, 5) is 4.45. The largest absolute Gasteiger partial charge is 0.365 e. The van der Waals surface area contributed by atoms with E-state index < -0.39 is 0 Å². The Morgan fingerprint density at radius 1 is 0.917 bits per heavy atom. The van der Waals surface area contributed by atoms with Crippen molar-refractivity contribution in [1.29, 1.82) is 0 Å². The molecule has 0 aliphatic carbocycles. The molecule has 0 radical (unpaired) electrons. The zero-order chi connectivity index (χ0) is 16.4. The highest BCUT2D eigenvalue weighted by Gasteiger charge is 2.08. The van der Waals surface area contributed by atoms with Crippen LogP contribution in [0.1, 0.15) is 11.1 Å². The minimum absolute atomic E-state index is 0.744. The van der Waals surface area contributed by atoms with E-state index in [0.29, 0.717) is 0 Å². The van der Waals surface area contributed by atoms with E-state index >= 15 is 0 Å². The molecule has 0 spiro atoms. The van der Waals surface area contributed by atoms with Crippen LogP contribution in [-0.4, -0.2) is 14.6 Å². The predicted molar refractivity (Wildman–Crippen MR) is 96.9 cm³/mol. The lowest BCUT2D eigenvalue weighted by Crippen LogP contribution is -2.04. The van der Waals surface area contributed by atoms with E-state index in [9.17, 15) is 0 Å². The van der Waals surface area contributed by atoms with E-state index in [4.69, 9.17) is 5.10 Å². The van der Waals surface area contributed by atoms with E-state index in [1.54, 1.807) is 0 Å². The number of nitrogens with one attached hydrogen (secondary N) is 1. The molecular formula is C20H18N4. The first-order valence-corrected chi connectivity index (χ1v) is 7.99. The van der Waals surface area contributed by atoms with Crippen LogP contribution in [0.5, 0.6) is 0 Å². The van der Waals surface area contributed by atoms with E-state index in [1.165, 1.54) is 11.1 Å². The van der Waals surface area contributed by atoms with Gasteiger partial charge in [-0.3, -0.25) is 0 Å². The number of imidazole rings is 1. The maximum atomic E-state index is 4.69. The SMILES string of the molecule is Cc1ccc(-c2cnc3ccc(NCc4ccccc4)nn23)cc1. The molecule has 0 atom stereocenters. The van der Waals surface area contributed by atoms with Gasteiger partial charge in [-0.1, -0.05) is 60.2 Å². The molecule has 0 saturated carbocycles. The molecule has 24 heavy (non-hydrogen) atoms. The van der Waals surface area contributed by atoms with E-state index in [2.05, 4.69) is 53.6 Å². The molecule has 0 bridgehead atoms. The summed E-state index contributed by atoms with van der Waals surface area (Å²) in [6, 6.07) is 22.7. The van der Waals surface area contributed by atoms with Crippen molar-refractivity contribution in [3.63, 3.8) is 0 Å². The fourth-order valence-corrected chi connectivity index (χ4v) is 2.68. The molecule has 4 heteroatoms. The first-order chi connectivity index (χ1) is 11.8. The highest BCUT2D eigenvalue weighted by atomic mass is 15.3. The molecule has 4 aromatic rings. The number of nitrogens with zero attached hydrogens (tertiary/aromatic N) is 3. The standard InChI is InChI=1S/C20H18N4/c1-15-7-9-17(10-8-15)18-14-22-20-12-11-19(23-24(18)20)21-13-16-5-3-2-4-6-16/h2-12,14H,13H2,1H3,(H,21,23). The smallest absolute Gasteiger partial charge is 0.154 e. The maximum Gasteiger partial charge on any atom is 0.154 e. The molecule has 0 saturated heterocycles. The van der Waals surface area contributed by atoms with E-state index in [1.807, 2.05) is 41.0 Å². The molecule has 0 amide bonds. The van der Waals surface area contributed by atoms with Gasteiger partial charge in [0.2, 0.25) is 0 Å². The van der Waals surface area contributed by atoms with Crippen molar-refractivity contribution in [1.82, 2.24) is 14.6 Å². The van der Waals surface area contributed by atoms with Gasteiger partial charge in [-0.05, 0) is 24.6 Å². The van der Waals surface area contributed by atoms with Gasteiger partial charge in [0.1, 0.15) is 5.82 Å².